The molecule has 30 heavy (non-hydrogen) atoms. The summed E-state index contributed by atoms with van der Waals surface area (Å²) >= 11 is 1.49. The van der Waals surface area contributed by atoms with Gasteiger partial charge in [0.2, 0.25) is 0 Å². The molecule has 0 bridgehead atoms. The number of halogens is 4. The summed E-state index contributed by atoms with van der Waals surface area (Å²) in [7, 11) is 0. The molecule has 1 aromatic heterocycles. The molecule has 4 rings (SSSR count). The highest BCUT2D eigenvalue weighted by atomic mass is 35.5. The Hall–Kier alpha value is -2.29. The maximum absolute atomic E-state index is 12.8. The van der Waals surface area contributed by atoms with E-state index in [9.17, 15) is 13.2 Å². The van der Waals surface area contributed by atoms with Gasteiger partial charge in [0.1, 0.15) is 12.4 Å². The largest absolute Gasteiger partial charge is 0.489 e. The third-order valence-electron chi connectivity index (χ3n) is 4.87. The van der Waals surface area contributed by atoms with E-state index in [0.29, 0.717) is 28.4 Å². The molecule has 4 nitrogen and oxygen atoms in total. The molecule has 1 saturated carbocycles. The lowest BCUT2D eigenvalue weighted by atomic mass is 10.1. The van der Waals surface area contributed by atoms with Gasteiger partial charge in [-0.2, -0.15) is 13.2 Å². The van der Waals surface area contributed by atoms with Gasteiger partial charge >= 0.3 is 6.18 Å². The van der Waals surface area contributed by atoms with Crippen LogP contribution >= 0.6 is 23.7 Å². The quantitative estimate of drug-likeness (QED) is 0.501. The van der Waals surface area contributed by atoms with E-state index in [-0.39, 0.29) is 19.0 Å². The predicted octanol–water partition coefficient (Wildman–Crippen LogP) is 5.39. The monoisotopic (exact) mass is 455 g/mol. The minimum atomic E-state index is -4.35. The molecular weight excluding hydrogens is 435 g/mol. The fourth-order valence-corrected chi connectivity index (χ4v) is 3.88. The maximum atomic E-state index is 12.8. The first-order chi connectivity index (χ1) is 13.9. The number of nitrogens with one attached hydrogen (secondary N) is 1. The van der Waals surface area contributed by atoms with Gasteiger partial charge in [0, 0.05) is 29.6 Å². The Bertz CT molecular complexity index is 978. The molecule has 1 heterocycles. The normalized spacial score (nSPS) is 18.0. The lowest BCUT2D eigenvalue weighted by Crippen LogP contribution is -2.16. The highest BCUT2D eigenvalue weighted by Crippen LogP contribution is 2.41. The zero-order valence-electron chi connectivity index (χ0n) is 15.9. The molecule has 1 aliphatic carbocycles. The Morgan fingerprint density at radius 3 is 2.60 bits per heavy atom. The van der Waals surface area contributed by atoms with Gasteiger partial charge in [-0.25, -0.2) is 4.98 Å². The number of rotatable bonds is 7. The number of hydrogen-bond donors (Lipinski definition) is 2. The van der Waals surface area contributed by atoms with Crippen molar-refractivity contribution in [1.29, 1.82) is 0 Å². The van der Waals surface area contributed by atoms with Crippen LogP contribution in [-0.2, 0) is 19.3 Å². The standard InChI is InChI=1S/C21H20F3N3OS.ClH/c22-21(23,24)15-3-1-2-13(8-15)12-28-16-6-4-14(5-7-16)18-9-19(18)26-10-17-11-27-20(25)29-17;/h1-8,11,18-19,26H,9-10,12H2,(H2,25,27);1H/t18-,19+;/m1./s1. The Kier molecular flexibility index (Phi) is 6.90. The Morgan fingerprint density at radius 2 is 1.93 bits per heavy atom. The Morgan fingerprint density at radius 1 is 1.17 bits per heavy atom. The number of nitrogen functional groups attached to an aromatic ring is 1. The van der Waals surface area contributed by atoms with Gasteiger partial charge in [0.15, 0.2) is 5.13 Å². The zero-order chi connectivity index (χ0) is 20.4. The summed E-state index contributed by atoms with van der Waals surface area (Å²) in [6.45, 7) is 0.850. The number of aromatic nitrogens is 1. The summed E-state index contributed by atoms with van der Waals surface area (Å²) in [4.78, 5) is 5.16. The van der Waals surface area contributed by atoms with Crippen molar-refractivity contribution in [3.63, 3.8) is 0 Å². The fraction of sp³-hybridized carbons (Fsp3) is 0.286. The van der Waals surface area contributed by atoms with Gasteiger partial charge in [-0.15, -0.1) is 23.7 Å². The summed E-state index contributed by atoms with van der Waals surface area (Å²) < 4.78 is 44.0. The fourth-order valence-electron chi connectivity index (χ4n) is 3.24. The SMILES string of the molecule is Cl.Nc1ncc(CN[C@H]2C[C@@H]2c2ccc(OCc3cccc(C(F)(F)F)c3)cc2)s1. The molecule has 1 fully saturated rings. The van der Waals surface area contributed by atoms with Crippen molar-refractivity contribution in [3.05, 3.63) is 76.3 Å². The number of alkyl halides is 3. The average molecular weight is 456 g/mol. The summed E-state index contributed by atoms with van der Waals surface area (Å²) in [5.41, 5.74) is 6.68. The van der Waals surface area contributed by atoms with Crippen molar-refractivity contribution in [2.75, 3.05) is 5.73 Å². The molecule has 3 N–H and O–H groups in total. The molecule has 2 aromatic carbocycles. The highest BCUT2D eigenvalue weighted by Gasteiger charge is 2.37. The molecular formula is C21H21ClF3N3OS. The molecule has 0 spiro atoms. The Balaban J connectivity index is 0.00000256. The molecule has 0 aliphatic heterocycles. The minimum absolute atomic E-state index is 0. The van der Waals surface area contributed by atoms with Crippen LogP contribution in [-0.4, -0.2) is 11.0 Å². The molecule has 0 saturated heterocycles. The number of nitrogens with zero attached hydrogens (tertiary/aromatic N) is 1. The summed E-state index contributed by atoms with van der Waals surface area (Å²) in [6, 6.07) is 13.4. The Labute approximate surface area is 182 Å². The zero-order valence-corrected chi connectivity index (χ0v) is 17.5. The van der Waals surface area contributed by atoms with Crippen LogP contribution in [0.15, 0.2) is 54.7 Å². The van der Waals surface area contributed by atoms with Gasteiger partial charge in [-0.3, -0.25) is 0 Å². The molecule has 1 aliphatic rings. The number of hydrogen-bond acceptors (Lipinski definition) is 5. The predicted molar refractivity (Wildman–Crippen MR) is 114 cm³/mol. The number of thiazole rings is 1. The van der Waals surface area contributed by atoms with Gasteiger partial charge in [-0.1, -0.05) is 24.3 Å². The molecule has 160 valence electrons. The van der Waals surface area contributed by atoms with Crippen molar-refractivity contribution < 1.29 is 17.9 Å². The van der Waals surface area contributed by atoms with Crippen molar-refractivity contribution in [3.8, 4) is 5.75 Å². The van der Waals surface area contributed by atoms with E-state index in [0.717, 1.165) is 30.0 Å². The van der Waals surface area contributed by atoms with Crippen molar-refractivity contribution in [2.45, 2.75) is 37.7 Å². The molecule has 9 heteroatoms. The summed E-state index contributed by atoms with van der Waals surface area (Å²) in [6.07, 6.45) is -1.49. The van der Waals surface area contributed by atoms with E-state index >= 15 is 0 Å². The van der Waals surface area contributed by atoms with Gasteiger partial charge in [0.25, 0.3) is 0 Å². The second-order valence-electron chi connectivity index (χ2n) is 7.05. The van der Waals surface area contributed by atoms with Crippen molar-refractivity contribution in [2.24, 2.45) is 0 Å². The smallest absolute Gasteiger partial charge is 0.416 e. The van der Waals surface area contributed by atoms with Crippen LogP contribution in [0, 0.1) is 0 Å². The molecule has 0 unspecified atom stereocenters. The number of nitrogens with two attached hydrogens (primary N) is 1. The first-order valence-corrected chi connectivity index (χ1v) is 10.0. The lowest BCUT2D eigenvalue weighted by Gasteiger charge is -2.10. The third kappa shape index (κ3) is 5.65. The number of benzene rings is 2. The molecule has 0 amide bonds. The van der Waals surface area contributed by atoms with Crippen molar-refractivity contribution in [1.82, 2.24) is 10.3 Å². The second kappa shape index (κ2) is 9.24. The summed E-state index contributed by atoms with van der Waals surface area (Å²) in [5.74, 6) is 1.09. The van der Waals surface area contributed by atoms with E-state index in [1.807, 2.05) is 24.3 Å². The van der Waals surface area contributed by atoms with E-state index < -0.39 is 11.7 Å². The molecule has 0 radical (unpaired) electrons. The van der Waals surface area contributed by atoms with Crippen LogP contribution in [0.4, 0.5) is 18.3 Å². The number of anilines is 1. The van der Waals surface area contributed by atoms with Crippen LogP contribution in [0.1, 0.15) is 33.9 Å². The number of ether oxygens (including phenoxy) is 1. The van der Waals surface area contributed by atoms with E-state index in [2.05, 4.69) is 10.3 Å². The van der Waals surface area contributed by atoms with Crippen LogP contribution in [0.3, 0.4) is 0 Å². The third-order valence-corrected chi connectivity index (χ3v) is 5.69. The van der Waals surface area contributed by atoms with E-state index in [4.69, 9.17) is 10.5 Å². The van der Waals surface area contributed by atoms with E-state index in [1.165, 1.54) is 23.0 Å². The topological polar surface area (TPSA) is 60.2 Å². The minimum Gasteiger partial charge on any atom is -0.489 e. The van der Waals surface area contributed by atoms with Gasteiger partial charge in [-0.05, 0) is 41.8 Å². The first-order valence-electron chi connectivity index (χ1n) is 9.21. The first kappa shape index (κ1) is 22.4. The summed E-state index contributed by atoms with van der Waals surface area (Å²) in [5, 5.41) is 4.08. The molecule has 2 atom stereocenters. The second-order valence-corrected chi connectivity index (χ2v) is 8.20. The maximum Gasteiger partial charge on any atom is 0.416 e. The van der Waals surface area contributed by atoms with E-state index in [1.54, 1.807) is 12.3 Å². The van der Waals surface area contributed by atoms with Crippen LogP contribution in [0.25, 0.3) is 0 Å². The van der Waals surface area contributed by atoms with Gasteiger partial charge < -0.3 is 15.8 Å². The highest BCUT2D eigenvalue weighted by molar-refractivity contribution is 7.15. The van der Waals surface area contributed by atoms with Gasteiger partial charge in [0.05, 0.1) is 5.56 Å². The van der Waals surface area contributed by atoms with Crippen molar-refractivity contribution >= 4 is 28.9 Å². The average Bonchev–Trinajstić information content (AvgIpc) is 3.37. The van der Waals surface area contributed by atoms with Crippen LogP contribution in [0.2, 0.25) is 0 Å². The molecule has 3 aromatic rings. The lowest BCUT2D eigenvalue weighted by molar-refractivity contribution is -0.137. The van der Waals surface area contributed by atoms with Crippen LogP contribution < -0.4 is 15.8 Å². The van der Waals surface area contributed by atoms with Crippen LogP contribution in [0.5, 0.6) is 5.75 Å².